The molecular weight excluding hydrogens is 279 g/mol. The van der Waals surface area contributed by atoms with E-state index < -0.39 is 0 Å². The average molecular weight is 288 g/mol. The van der Waals surface area contributed by atoms with Crippen LogP contribution in [-0.2, 0) is 0 Å². The quantitative estimate of drug-likeness (QED) is 0.789. The Kier molecular flexibility index (Phi) is 3.07. The molecule has 1 aromatic heterocycles. The van der Waals surface area contributed by atoms with Crippen molar-refractivity contribution < 1.29 is 4.42 Å². The van der Waals surface area contributed by atoms with Gasteiger partial charge in [-0.15, -0.1) is 21.8 Å². The van der Waals surface area contributed by atoms with E-state index in [1.54, 1.807) is 6.92 Å². The molecule has 0 aliphatic rings. The summed E-state index contributed by atoms with van der Waals surface area (Å²) in [6.07, 6.45) is 0. The highest BCUT2D eigenvalue weighted by Gasteiger charge is 2.13. The molecule has 0 N–H and O–H groups in total. The van der Waals surface area contributed by atoms with Gasteiger partial charge in [-0.25, -0.2) is 0 Å². The molecule has 0 aliphatic carbocycles. The van der Waals surface area contributed by atoms with Crippen LogP contribution < -0.4 is 0 Å². The first-order chi connectivity index (χ1) is 7.18. The largest absolute Gasteiger partial charge is 0.419 e. The van der Waals surface area contributed by atoms with Crippen LogP contribution in [0.15, 0.2) is 33.2 Å². The van der Waals surface area contributed by atoms with Gasteiger partial charge in [0.25, 0.3) is 0 Å². The Balaban J connectivity index is 2.42. The summed E-state index contributed by atoms with van der Waals surface area (Å²) < 4.78 is 6.35. The zero-order chi connectivity index (χ0) is 10.8. The fourth-order valence-electron chi connectivity index (χ4n) is 1.14. The van der Waals surface area contributed by atoms with Crippen molar-refractivity contribution in [2.45, 2.75) is 12.3 Å². The van der Waals surface area contributed by atoms with E-state index in [2.05, 4.69) is 26.1 Å². The van der Waals surface area contributed by atoms with E-state index >= 15 is 0 Å². The SMILES string of the molecule is CC(Cl)c1nnc(-c2ccccc2Br)o1. The van der Waals surface area contributed by atoms with E-state index in [9.17, 15) is 0 Å². The highest BCUT2D eigenvalue weighted by molar-refractivity contribution is 9.10. The van der Waals surface area contributed by atoms with Gasteiger partial charge in [-0.1, -0.05) is 12.1 Å². The molecule has 5 heteroatoms. The summed E-state index contributed by atoms with van der Waals surface area (Å²) in [6, 6.07) is 7.66. The van der Waals surface area contributed by atoms with E-state index in [4.69, 9.17) is 16.0 Å². The molecule has 78 valence electrons. The summed E-state index contributed by atoms with van der Waals surface area (Å²) in [5.41, 5.74) is 0.869. The average Bonchev–Trinajstić information content (AvgIpc) is 2.67. The van der Waals surface area contributed by atoms with E-state index in [1.807, 2.05) is 24.3 Å². The minimum Gasteiger partial charge on any atom is -0.419 e. The highest BCUT2D eigenvalue weighted by atomic mass is 79.9. The third-order valence-electron chi connectivity index (χ3n) is 1.89. The van der Waals surface area contributed by atoms with Crippen molar-refractivity contribution in [2.75, 3.05) is 0 Å². The summed E-state index contributed by atoms with van der Waals surface area (Å²) in [7, 11) is 0. The summed E-state index contributed by atoms with van der Waals surface area (Å²) in [5, 5.41) is 7.53. The van der Waals surface area contributed by atoms with E-state index in [1.165, 1.54) is 0 Å². The van der Waals surface area contributed by atoms with Crippen molar-refractivity contribution in [3.05, 3.63) is 34.6 Å². The number of benzene rings is 1. The van der Waals surface area contributed by atoms with Gasteiger partial charge in [0.2, 0.25) is 11.8 Å². The molecule has 1 heterocycles. The summed E-state index contributed by atoms with van der Waals surface area (Å²) in [6.45, 7) is 1.79. The third kappa shape index (κ3) is 2.21. The van der Waals surface area contributed by atoms with Crippen LogP contribution in [0.2, 0.25) is 0 Å². The smallest absolute Gasteiger partial charge is 0.248 e. The third-order valence-corrected chi connectivity index (χ3v) is 2.76. The minimum atomic E-state index is -0.270. The van der Waals surface area contributed by atoms with E-state index in [0.29, 0.717) is 11.8 Å². The second-order valence-corrected chi connectivity index (χ2v) is 4.55. The van der Waals surface area contributed by atoms with Gasteiger partial charge in [-0.05, 0) is 35.0 Å². The molecule has 2 aromatic rings. The first-order valence-electron chi connectivity index (χ1n) is 4.41. The van der Waals surface area contributed by atoms with Crippen molar-refractivity contribution in [1.29, 1.82) is 0 Å². The molecule has 0 aliphatic heterocycles. The topological polar surface area (TPSA) is 38.9 Å². The maximum Gasteiger partial charge on any atom is 0.248 e. The van der Waals surface area contributed by atoms with Gasteiger partial charge in [0, 0.05) is 4.47 Å². The number of rotatable bonds is 2. The molecule has 0 saturated heterocycles. The fraction of sp³-hybridized carbons (Fsp3) is 0.200. The van der Waals surface area contributed by atoms with Crippen LogP contribution in [0.25, 0.3) is 11.5 Å². The normalized spacial score (nSPS) is 12.7. The lowest BCUT2D eigenvalue weighted by Gasteiger charge is -1.97. The Labute approximate surface area is 101 Å². The minimum absolute atomic E-state index is 0.270. The van der Waals surface area contributed by atoms with Crippen LogP contribution in [0.3, 0.4) is 0 Å². The number of alkyl halides is 1. The lowest BCUT2D eigenvalue weighted by molar-refractivity contribution is 0.507. The molecule has 1 aromatic carbocycles. The Hall–Kier alpha value is -0.870. The molecule has 0 fully saturated rings. The highest BCUT2D eigenvalue weighted by Crippen LogP contribution is 2.28. The maximum absolute atomic E-state index is 5.84. The lowest BCUT2D eigenvalue weighted by Crippen LogP contribution is -1.81. The molecule has 0 amide bonds. The van der Waals surface area contributed by atoms with Crippen LogP contribution in [0, 0.1) is 0 Å². The molecule has 1 atom stereocenters. The zero-order valence-corrected chi connectivity index (χ0v) is 10.3. The number of hydrogen-bond acceptors (Lipinski definition) is 3. The summed E-state index contributed by atoms with van der Waals surface area (Å²) in [5.74, 6) is 0.910. The van der Waals surface area contributed by atoms with Crippen LogP contribution in [0.1, 0.15) is 18.2 Å². The van der Waals surface area contributed by atoms with Crippen LogP contribution >= 0.6 is 27.5 Å². The molecular formula is C10H8BrClN2O. The first-order valence-corrected chi connectivity index (χ1v) is 5.64. The van der Waals surface area contributed by atoms with Gasteiger partial charge in [-0.3, -0.25) is 0 Å². The van der Waals surface area contributed by atoms with Gasteiger partial charge in [-0.2, -0.15) is 0 Å². The van der Waals surface area contributed by atoms with Gasteiger partial charge in [0.05, 0.1) is 5.56 Å². The Morgan fingerprint density at radius 2 is 2.07 bits per heavy atom. The van der Waals surface area contributed by atoms with E-state index in [-0.39, 0.29) is 5.38 Å². The van der Waals surface area contributed by atoms with Crippen LogP contribution in [0.4, 0.5) is 0 Å². The fourth-order valence-corrected chi connectivity index (χ4v) is 1.68. The molecule has 0 saturated carbocycles. The molecule has 0 bridgehead atoms. The van der Waals surface area contributed by atoms with Crippen LogP contribution in [0.5, 0.6) is 0 Å². The van der Waals surface area contributed by atoms with Gasteiger partial charge < -0.3 is 4.42 Å². The summed E-state index contributed by atoms with van der Waals surface area (Å²) >= 11 is 9.25. The first kappa shape index (κ1) is 10.6. The molecule has 15 heavy (non-hydrogen) atoms. The molecule has 0 spiro atoms. The Morgan fingerprint density at radius 1 is 1.33 bits per heavy atom. The molecule has 0 radical (unpaired) electrons. The number of aromatic nitrogens is 2. The molecule has 1 unspecified atom stereocenters. The summed E-state index contributed by atoms with van der Waals surface area (Å²) in [4.78, 5) is 0. The number of halogens is 2. The Bertz CT molecular complexity index is 470. The zero-order valence-electron chi connectivity index (χ0n) is 7.95. The Morgan fingerprint density at radius 3 is 2.67 bits per heavy atom. The van der Waals surface area contributed by atoms with Crippen molar-refractivity contribution >= 4 is 27.5 Å². The van der Waals surface area contributed by atoms with Gasteiger partial charge >= 0.3 is 0 Å². The predicted octanol–water partition coefficient (Wildman–Crippen LogP) is 3.80. The standard InChI is InChI=1S/C10H8BrClN2O/c1-6(12)9-13-14-10(15-9)7-4-2-3-5-8(7)11/h2-6H,1H3. The lowest BCUT2D eigenvalue weighted by atomic mass is 10.2. The van der Waals surface area contributed by atoms with Crippen molar-refractivity contribution in [1.82, 2.24) is 10.2 Å². The second kappa shape index (κ2) is 4.33. The second-order valence-electron chi connectivity index (χ2n) is 3.04. The number of nitrogens with zero attached hydrogens (tertiary/aromatic N) is 2. The van der Waals surface area contributed by atoms with Gasteiger partial charge in [0.15, 0.2) is 0 Å². The van der Waals surface area contributed by atoms with Crippen molar-refractivity contribution in [3.8, 4) is 11.5 Å². The predicted molar refractivity (Wildman–Crippen MR) is 61.7 cm³/mol. The van der Waals surface area contributed by atoms with Gasteiger partial charge in [0.1, 0.15) is 5.38 Å². The van der Waals surface area contributed by atoms with E-state index in [0.717, 1.165) is 10.0 Å². The van der Waals surface area contributed by atoms with Crippen LogP contribution in [-0.4, -0.2) is 10.2 Å². The maximum atomic E-state index is 5.84. The monoisotopic (exact) mass is 286 g/mol. The molecule has 3 nitrogen and oxygen atoms in total. The number of hydrogen-bond donors (Lipinski definition) is 0. The molecule has 2 rings (SSSR count). The van der Waals surface area contributed by atoms with Crippen molar-refractivity contribution in [3.63, 3.8) is 0 Å². The van der Waals surface area contributed by atoms with Crippen molar-refractivity contribution in [2.24, 2.45) is 0 Å².